The molecule has 6 heteroatoms. The molecule has 0 unspecified atom stereocenters. The highest BCUT2D eigenvalue weighted by atomic mass is 19.1. The largest absolute Gasteiger partial charge is 0.324 e. The third-order valence-electron chi connectivity index (χ3n) is 3.32. The van der Waals surface area contributed by atoms with E-state index in [1.165, 1.54) is 25.1 Å². The van der Waals surface area contributed by atoms with E-state index in [0.717, 1.165) is 0 Å². The number of carbonyl (C=O) groups is 1. The lowest BCUT2D eigenvalue weighted by atomic mass is 10.1. The summed E-state index contributed by atoms with van der Waals surface area (Å²) in [4.78, 5) is 11.1. The number of fused-ring (bicyclic) bond motifs is 1. The highest BCUT2D eigenvalue weighted by molar-refractivity contribution is 5.95. The van der Waals surface area contributed by atoms with Gasteiger partial charge in [-0.3, -0.25) is 9.89 Å². The van der Waals surface area contributed by atoms with Gasteiger partial charge in [0.15, 0.2) is 0 Å². The summed E-state index contributed by atoms with van der Waals surface area (Å²) < 4.78 is 27.5. The lowest BCUT2D eigenvalue weighted by Crippen LogP contribution is -2.07. The number of anilines is 1. The normalized spacial score (nSPS) is 11.3. The number of benzene rings is 2. The van der Waals surface area contributed by atoms with Crippen molar-refractivity contribution in [3.63, 3.8) is 0 Å². The summed E-state index contributed by atoms with van der Waals surface area (Å²) >= 11 is 0. The molecule has 1 heterocycles. The molecule has 0 spiro atoms. The maximum Gasteiger partial charge on any atom is 0.221 e. The molecule has 1 aromatic heterocycles. The Morgan fingerprint density at radius 3 is 2.70 bits per heavy atom. The van der Waals surface area contributed by atoms with Crippen LogP contribution in [0.5, 0.6) is 0 Å². The average molecular weight is 313 g/mol. The summed E-state index contributed by atoms with van der Waals surface area (Å²) in [7, 11) is 0. The molecule has 3 aromatic rings. The zero-order chi connectivity index (χ0) is 16.4. The van der Waals surface area contributed by atoms with E-state index >= 15 is 0 Å². The number of H-pyrrole nitrogens is 1. The van der Waals surface area contributed by atoms with E-state index in [2.05, 4.69) is 15.5 Å². The van der Waals surface area contributed by atoms with Crippen molar-refractivity contribution in [2.75, 3.05) is 5.32 Å². The van der Waals surface area contributed by atoms with Gasteiger partial charge in [-0.25, -0.2) is 8.78 Å². The molecule has 0 atom stereocenters. The summed E-state index contributed by atoms with van der Waals surface area (Å²) in [6.07, 6.45) is 3.22. The molecule has 2 N–H and O–H groups in total. The maximum atomic E-state index is 13.9. The van der Waals surface area contributed by atoms with Crippen molar-refractivity contribution >= 4 is 34.6 Å². The van der Waals surface area contributed by atoms with Gasteiger partial charge in [-0.15, -0.1) is 0 Å². The first-order valence-electron chi connectivity index (χ1n) is 6.92. The molecule has 2 aromatic carbocycles. The fourth-order valence-corrected chi connectivity index (χ4v) is 2.25. The highest BCUT2D eigenvalue weighted by Crippen LogP contribution is 2.25. The molecule has 4 nitrogen and oxygen atoms in total. The first-order valence-corrected chi connectivity index (χ1v) is 6.92. The van der Waals surface area contributed by atoms with Crippen LogP contribution in [0.2, 0.25) is 0 Å². The molecule has 3 rings (SSSR count). The molecule has 0 saturated heterocycles. The van der Waals surface area contributed by atoms with Gasteiger partial charge in [-0.1, -0.05) is 18.2 Å². The van der Waals surface area contributed by atoms with Crippen LogP contribution in [0.3, 0.4) is 0 Å². The molecule has 0 bridgehead atoms. The Bertz CT molecular complexity index is 915. The Balaban J connectivity index is 2.01. The summed E-state index contributed by atoms with van der Waals surface area (Å²) in [5.74, 6) is -1.26. The van der Waals surface area contributed by atoms with Crippen LogP contribution >= 0.6 is 0 Å². The van der Waals surface area contributed by atoms with E-state index in [1.54, 1.807) is 30.4 Å². The molecule has 0 aliphatic heterocycles. The lowest BCUT2D eigenvalue weighted by molar-refractivity contribution is -0.114. The number of carbonyl (C=O) groups excluding carboxylic acids is 1. The zero-order valence-corrected chi connectivity index (χ0v) is 12.2. The van der Waals surface area contributed by atoms with Crippen LogP contribution in [-0.2, 0) is 4.79 Å². The SMILES string of the molecule is CC(=O)Nc1cc2c(/C=C/c3ccccc3F)n[nH]c2cc1F. The first kappa shape index (κ1) is 14.9. The molecule has 116 valence electrons. The van der Waals surface area contributed by atoms with Gasteiger partial charge in [0.2, 0.25) is 5.91 Å². The van der Waals surface area contributed by atoms with Gasteiger partial charge in [0.05, 0.1) is 16.9 Å². The molecule has 0 fully saturated rings. The third kappa shape index (κ3) is 3.11. The quantitative estimate of drug-likeness (QED) is 0.768. The van der Waals surface area contributed by atoms with Gasteiger partial charge in [0, 0.05) is 23.9 Å². The average Bonchev–Trinajstić information content (AvgIpc) is 2.88. The number of nitrogens with zero attached hydrogens (tertiary/aromatic N) is 1. The van der Waals surface area contributed by atoms with Gasteiger partial charge in [-0.2, -0.15) is 5.10 Å². The third-order valence-corrected chi connectivity index (χ3v) is 3.32. The first-order chi connectivity index (χ1) is 11.0. The molecule has 1 amide bonds. The zero-order valence-electron chi connectivity index (χ0n) is 12.2. The van der Waals surface area contributed by atoms with Crippen LogP contribution in [0.1, 0.15) is 18.2 Å². The van der Waals surface area contributed by atoms with Crippen molar-refractivity contribution in [1.29, 1.82) is 0 Å². The van der Waals surface area contributed by atoms with Gasteiger partial charge in [0.25, 0.3) is 0 Å². The Kier molecular flexibility index (Phi) is 3.89. The monoisotopic (exact) mass is 313 g/mol. The number of amides is 1. The summed E-state index contributed by atoms with van der Waals surface area (Å²) in [5.41, 5.74) is 1.51. The topological polar surface area (TPSA) is 57.8 Å². The molecule has 0 radical (unpaired) electrons. The summed E-state index contributed by atoms with van der Waals surface area (Å²) in [5, 5.41) is 9.85. The maximum absolute atomic E-state index is 13.9. The number of hydrogen-bond donors (Lipinski definition) is 2. The number of rotatable bonds is 3. The van der Waals surface area contributed by atoms with E-state index in [0.29, 0.717) is 22.2 Å². The van der Waals surface area contributed by atoms with E-state index in [4.69, 9.17) is 0 Å². The molecular formula is C17H13F2N3O. The van der Waals surface area contributed by atoms with Crippen molar-refractivity contribution in [2.24, 2.45) is 0 Å². The van der Waals surface area contributed by atoms with Crippen molar-refractivity contribution in [3.8, 4) is 0 Å². The van der Waals surface area contributed by atoms with E-state index < -0.39 is 5.82 Å². The number of aromatic nitrogens is 2. The van der Waals surface area contributed by atoms with Crippen LogP contribution in [-0.4, -0.2) is 16.1 Å². The molecule has 0 saturated carbocycles. The smallest absolute Gasteiger partial charge is 0.221 e. The Morgan fingerprint density at radius 2 is 1.96 bits per heavy atom. The predicted molar refractivity (Wildman–Crippen MR) is 85.7 cm³/mol. The van der Waals surface area contributed by atoms with Crippen molar-refractivity contribution in [3.05, 3.63) is 59.3 Å². The molecular weight excluding hydrogens is 300 g/mol. The minimum atomic E-state index is -0.555. The second-order valence-corrected chi connectivity index (χ2v) is 5.02. The Labute approximate surface area is 130 Å². The van der Waals surface area contributed by atoms with Crippen LogP contribution < -0.4 is 5.32 Å². The van der Waals surface area contributed by atoms with Crippen LogP contribution in [0.4, 0.5) is 14.5 Å². The van der Waals surface area contributed by atoms with Gasteiger partial charge in [0.1, 0.15) is 11.6 Å². The summed E-state index contributed by atoms with van der Waals surface area (Å²) in [6.45, 7) is 1.30. The molecule has 0 aliphatic rings. The van der Waals surface area contributed by atoms with E-state index in [9.17, 15) is 13.6 Å². The standard InChI is InChI=1S/C17H13F2N3O/c1-10(23)20-17-8-12-15(21-22-16(12)9-14(17)19)7-6-11-4-2-3-5-13(11)18/h2-9H,1H3,(H,20,23)(H,21,22)/b7-6+. The van der Waals surface area contributed by atoms with Crippen LogP contribution in [0.25, 0.3) is 23.1 Å². The van der Waals surface area contributed by atoms with Gasteiger partial charge in [-0.05, 0) is 24.3 Å². The fourth-order valence-electron chi connectivity index (χ4n) is 2.25. The number of nitrogens with one attached hydrogen (secondary N) is 2. The minimum absolute atomic E-state index is 0.0759. The Hall–Kier alpha value is -3.02. The minimum Gasteiger partial charge on any atom is -0.324 e. The van der Waals surface area contributed by atoms with Crippen LogP contribution in [0.15, 0.2) is 36.4 Å². The molecule has 23 heavy (non-hydrogen) atoms. The highest BCUT2D eigenvalue weighted by Gasteiger charge is 2.10. The predicted octanol–water partition coefficient (Wildman–Crippen LogP) is 3.97. The lowest BCUT2D eigenvalue weighted by Gasteiger charge is -2.03. The van der Waals surface area contributed by atoms with Crippen molar-refractivity contribution < 1.29 is 13.6 Å². The van der Waals surface area contributed by atoms with E-state index in [-0.39, 0.29) is 17.4 Å². The molecule has 0 aliphatic carbocycles. The van der Waals surface area contributed by atoms with E-state index in [1.807, 2.05) is 0 Å². The Morgan fingerprint density at radius 1 is 1.17 bits per heavy atom. The van der Waals surface area contributed by atoms with Crippen molar-refractivity contribution in [2.45, 2.75) is 6.92 Å². The number of aromatic amines is 1. The number of halogens is 2. The second kappa shape index (κ2) is 6.00. The number of hydrogen-bond acceptors (Lipinski definition) is 2. The van der Waals surface area contributed by atoms with Gasteiger partial charge >= 0.3 is 0 Å². The second-order valence-electron chi connectivity index (χ2n) is 5.02. The fraction of sp³-hybridized carbons (Fsp3) is 0.0588. The van der Waals surface area contributed by atoms with Crippen LogP contribution in [0, 0.1) is 11.6 Å². The van der Waals surface area contributed by atoms with Crippen molar-refractivity contribution in [1.82, 2.24) is 10.2 Å². The van der Waals surface area contributed by atoms with Gasteiger partial charge < -0.3 is 5.32 Å². The summed E-state index contributed by atoms with van der Waals surface area (Å²) in [6, 6.07) is 9.11.